The lowest BCUT2D eigenvalue weighted by molar-refractivity contribution is -0.151. The first-order valence-corrected chi connectivity index (χ1v) is 9.12. The van der Waals surface area contributed by atoms with Crippen LogP contribution < -0.4 is 9.64 Å². The zero-order valence-electron chi connectivity index (χ0n) is 15.4. The molecule has 2 aromatic carbocycles. The molecule has 0 fully saturated rings. The van der Waals surface area contributed by atoms with Crippen molar-refractivity contribution in [1.82, 2.24) is 4.90 Å². The zero-order chi connectivity index (χ0) is 19.8. The molecule has 4 rings (SSSR count). The lowest BCUT2D eigenvalue weighted by atomic mass is 9.94. The highest BCUT2D eigenvalue weighted by Gasteiger charge is 2.38. The first-order chi connectivity index (χ1) is 13.5. The van der Waals surface area contributed by atoms with E-state index in [1.54, 1.807) is 31.2 Å². The summed E-state index contributed by atoms with van der Waals surface area (Å²) in [5, 5.41) is 9.65. The van der Waals surface area contributed by atoms with Gasteiger partial charge in [-0.05, 0) is 30.2 Å². The quantitative estimate of drug-likeness (QED) is 0.878. The predicted octanol–water partition coefficient (Wildman–Crippen LogP) is 1.84. The first-order valence-electron chi connectivity index (χ1n) is 9.12. The van der Waals surface area contributed by atoms with Gasteiger partial charge in [0.15, 0.2) is 6.10 Å². The van der Waals surface area contributed by atoms with Gasteiger partial charge in [-0.2, -0.15) is 0 Å². The highest BCUT2D eigenvalue weighted by molar-refractivity contribution is 6.04. The van der Waals surface area contributed by atoms with Crippen LogP contribution in [0.5, 0.6) is 5.75 Å². The van der Waals surface area contributed by atoms with E-state index in [9.17, 15) is 19.5 Å². The van der Waals surface area contributed by atoms with Crippen molar-refractivity contribution in [3.05, 3.63) is 59.7 Å². The van der Waals surface area contributed by atoms with Gasteiger partial charge in [0.2, 0.25) is 5.91 Å². The van der Waals surface area contributed by atoms with Gasteiger partial charge in [0, 0.05) is 13.0 Å². The van der Waals surface area contributed by atoms with Gasteiger partial charge in [0.05, 0.1) is 5.69 Å². The molecule has 0 aliphatic carbocycles. The SMILES string of the molecule is CC1Oc2ccccc2N(CC(=O)N2Cc3ccccc3CC2C(=O)O)C1=O. The number of benzene rings is 2. The molecule has 2 atom stereocenters. The number of carbonyl (C=O) groups excluding carboxylic acids is 2. The smallest absolute Gasteiger partial charge is 0.326 e. The van der Waals surface area contributed by atoms with Crippen LogP contribution in [0.4, 0.5) is 5.69 Å². The summed E-state index contributed by atoms with van der Waals surface area (Å²) in [7, 11) is 0. The summed E-state index contributed by atoms with van der Waals surface area (Å²) in [6.07, 6.45) is -0.457. The summed E-state index contributed by atoms with van der Waals surface area (Å²) in [5.41, 5.74) is 2.37. The van der Waals surface area contributed by atoms with Crippen LogP contribution in [0.1, 0.15) is 18.1 Å². The second kappa shape index (κ2) is 6.99. The largest absolute Gasteiger partial charge is 0.480 e. The van der Waals surface area contributed by atoms with Gasteiger partial charge in [-0.3, -0.25) is 14.5 Å². The van der Waals surface area contributed by atoms with Crippen molar-refractivity contribution in [3.63, 3.8) is 0 Å². The summed E-state index contributed by atoms with van der Waals surface area (Å²) < 4.78 is 5.60. The third-order valence-electron chi connectivity index (χ3n) is 5.22. The number of carboxylic acids is 1. The molecular weight excluding hydrogens is 360 g/mol. The molecule has 0 aromatic heterocycles. The monoisotopic (exact) mass is 380 g/mol. The van der Waals surface area contributed by atoms with E-state index in [1.807, 2.05) is 24.3 Å². The second-order valence-electron chi connectivity index (χ2n) is 7.00. The van der Waals surface area contributed by atoms with Crippen molar-refractivity contribution < 1.29 is 24.2 Å². The zero-order valence-corrected chi connectivity index (χ0v) is 15.4. The van der Waals surface area contributed by atoms with Gasteiger partial charge in [-0.15, -0.1) is 0 Å². The molecule has 7 heteroatoms. The standard InChI is InChI=1S/C21H20N2O5/c1-13-20(25)23(16-8-4-5-9-18(16)28-13)12-19(24)22-11-15-7-3-2-6-14(15)10-17(22)21(26)27/h2-9,13,17H,10-12H2,1H3,(H,26,27). The van der Waals surface area contributed by atoms with Crippen LogP contribution >= 0.6 is 0 Å². The third kappa shape index (κ3) is 3.09. The maximum absolute atomic E-state index is 13.1. The number of carboxylic acid groups (broad SMARTS) is 1. The molecule has 2 aromatic rings. The molecule has 2 aliphatic rings. The van der Waals surface area contributed by atoms with Gasteiger partial charge in [0.1, 0.15) is 18.3 Å². The van der Waals surface area contributed by atoms with Crippen LogP contribution in [0.15, 0.2) is 48.5 Å². The predicted molar refractivity (Wildman–Crippen MR) is 101 cm³/mol. The summed E-state index contributed by atoms with van der Waals surface area (Å²) in [4.78, 5) is 40.2. The number of nitrogens with zero attached hydrogens (tertiary/aromatic N) is 2. The molecular formula is C21H20N2O5. The van der Waals surface area contributed by atoms with Crippen molar-refractivity contribution in [3.8, 4) is 5.75 Å². The molecule has 2 amide bonds. The van der Waals surface area contributed by atoms with Crippen molar-refractivity contribution in [2.45, 2.75) is 32.0 Å². The van der Waals surface area contributed by atoms with Crippen LogP contribution in [0, 0.1) is 0 Å². The van der Waals surface area contributed by atoms with Gasteiger partial charge in [-0.1, -0.05) is 36.4 Å². The number of carbonyl (C=O) groups is 3. The number of aliphatic carboxylic acids is 1. The summed E-state index contributed by atoms with van der Waals surface area (Å²) in [5.74, 6) is -1.25. The fourth-order valence-corrected chi connectivity index (χ4v) is 3.75. The average molecular weight is 380 g/mol. The molecule has 0 radical (unpaired) electrons. The van der Waals surface area contributed by atoms with E-state index < -0.39 is 24.0 Å². The van der Waals surface area contributed by atoms with Gasteiger partial charge >= 0.3 is 5.97 Å². The Morgan fingerprint density at radius 1 is 1.11 bits per heavy atom. The first kappa shape index (κ1) is 18.0. The molecule has 144 valence electrons. The number of fused-ring (bicyclic) bond motifs is 2. The minimum absolute atomic E-state index is 0.210. The number of para-hydroxylation sites is 2. The van der Waals surface area contributed by atoms with E-state index in [1.165, 1.54) is 9.80 Å². The number of rotatable bonds is 3. The number of hydrogen-bond acceptors (Lipinski definition) is 4. The fraction of sp³-hybridized carbons (Fsp3) is 0.286. The van der Waals surface area contributed by atoms with Crippen LogP contribution in [0.25, 0.3) is 0 Å². The lowest BCUT2D eigenvalue weighted by Crippen LogP contribution is -2.54. The van der Waals surface area contributed by atoms with Crippen molar-refractivity contribution in [1.29, 1.82) is 0 Å². The van der Waals surface area contributed by atoms with Gasteiger partial charge in [-0.25, -0.2) is 4.79 Å². The van der Waals surface area contributed by atoms with Gasteiger partial charge < -0.3 is 14.7 Å². The van der Waals surface area contributed by atoms with Crippen molar-refractivity contribution in [2.24, 2.45) is 0 Å². The molecule has 28 heavy (non-hydrogen) atoms. The third-order valence-corrected chi connectivity index (χ3v) is 5.22. The number of anilines is 1. The van der Waals surface area contributed by atoms with E-state index in [0.717, 1.165) is 11.1 Å². The molecule has 0 saturated heterocycles. The Morgan fingerprint density at radius 3 is 2.54 bits per heavy atom. The Hall–Kier alpha value is -3.35. The van der Waals surface area contributed by atoms with Gasteiger partial charge in [0.25, 0.3) is 5.91 Å². The van der Waals surface area contributed by atoms with Crippen LogP contribution in [0.2, 0.25) is 0 Å². The van der Waals surface area contributed by atoms with Crippen LogP contribution in [-0.2, 0) is 27.3 Å². The Kier molecular flexibility index (Phi) is 4.50. The fourth-order valence-electron chi connectivity index (χ4n) is 3.75. The Labute approximate surface area is 162 Å². The molecule has 0 bridgehead atoms. The highest BCUT2D eigenvalue weighted by atomic mass is 16.5. The Morgan fingerprint density at radius 2 is 1.79 bits per heavy atom. The van der Waals surface area contributed by atoms with Crippen molar-refractivity contribution in [2.75, 3.05) is 11.4 Å². The maximum atomic E-state index is 13.1. The molecule has 2 aliphatic heterocycles. The number of hydrogen-bond donors (Lipinski definition) is 1. The molecule has 1 N–H and O–H groups in total. The Bertz CT molecular complexity index is 957. The minimum Gasteiger partial charge on any atom is -0.480 e. The van der Waals surface area contributed by atoms with Crippen molar-refractivity contribution >= 4 is 23.5 Å². The molecule has 0 saturated carbocycles. The molecule has 2 unspecified atom stereocenters. The molecule has 7 nitrogen and oxygen atoms in total. The topological polar surface area (TPSA) is 87.2 Å². The summed E-state index contributed by atoms with van der Waals surface area (Å²) >= 11 is 0. The van der Waals surface area contributed by atoms with Crippen LogP contribution in [-0.4, -0.2) is 46.5 Å². The molecule has 0 spiro atoms. The second-order valence-corrected chi connectivity index (χ2v) is 7.00. The lowest BCUT2D eigenvalue weighted by Gasteiger charge is -2.37. The molecule has 2 heterocycles. The summed E-state index contributed by atoms with van der Waals surface area (Å²) in [6.45, 7) is 1.62. The highest BCUT2D eigenvalue weighted by Crippen LogP contribution is 2.34. The maximum Gasteiger partial charge on any atom is 0.326 e. The Balaban J connectivity index is 1.62. The average Bonchev–Trinajstić information content (AvgIpc) is 2.70. The van der Waals surface area contributed by atoms with E-state index in [2.05, 4.69) is 0 Å². The number of ether oxygens (including phenoxy) is 1. The van der Waals surface area contributed by atoms with E-state index >= 15 is 0 Å². The van der Waals surface area contributed by atoms with Crippen LogP contribution in [0.3, 0.4) is 0 Å². The summed E-state index contributed by atoms with van der Waals surface area (Å²) in [6, 6.07) is 13.6. The van der Waals surface area contributed by atoms with E-state index in [4.69, 9.17) is 4.74 Å². The minimum atomic E-state index is -1.05. The normalized spacial score (nSPS) is 20.8. The van der Waals surface area contributed by atoms with E-state index in [-0.39, 0.29) is 25.4 Å². The number of amides is 2. The van der Waals surface area contributed by atoms with E-state index in [0.29, 0.717) is 11.4 Å².